The molecule has 0 heterocycles. The summed E-state index contributed by atoms with van der Waals surface area (Å²) in [5, 5.41) is 0. The quantitative estimate of drug-likeness (QED) is 0.617. The van der Waals surface area contributed by atoms with Gasteiger partial charge in [0.05, 0.1) is 6.67 Å². The zero-order valence-corrected chi connectivity index (χ0v) is 9.76. The van der Waals surface area contributed by atoms with E-state index in [1.165, 1.54) is 11.1 Å². The predicted octanol–water partition coefficient (Wildman–Crippen LogP) is 2.65. The molecule has 0 aliphatic carbocycles. The second-order valence-electron chi connectivity index (χ2n) is 4.07. The van der Waals surface area contributed by atoms with Crippen LogP contribution < -0.4 is 0 Å². The van der Waals surface area contributed by atoms with Crippen molar-refractivity contribution in [1.82, 2.24) is 9.80 Å². The molecule has 0 saturated heterocycles. The van der Waals surface area contributed by atoms with E-state index in [4.69, 9.17) is 0 Å². The molecular weight excluding hydrogens is 160 g/mol. The van der Waals surface area contributed by atoms with E-state index in [0.29, 0.717) is 0 Å². The summed E-state index contributed by atoms with van der Waals surface area (Å²) in [6.45, 7) is 9.36. The van der Waals surface area contributed by atoms with Crippen LogP contribution >= 0.6 is 0 Å². The second-order valence-corrected chi connectivity index (χ2v) is 4.07. The molecule has 76 valence electrons. The minimum Gasteiger partial charge on any atom is -0.363 e. The molecule has 0 saturated carbocycles. The van der Waals surface area contributed by atoms with Gasteiger partial charge in [-0.3, -0.25) is 0 Å². The van der Waals surface area contributed by atoms with Crippen LogP contribution in [-0.4, -0.2) is 30.6 Å². The summed E-state index contributed by atoms with van der Waals surface area (Å²) < 4.78 is 0. The average Bonchev–Trinajstić information content (AvgIpc) is 1.80. The van der Waals surface area contributed by atoms with Crippen molar-refractivity contribution in [2.24, 2.45) is 0 Å². The predicted molar refractivity (Wildman–Crippen MR) is 59.3 cm³/mol. The van der Waals surface area contributed by atoms with Crippen LogP contribution in [0.4, 0.5) is 0 Å². The lowest BCUT2D eigenvalue weighted by molar-refractivity contribution is 0.290. The summed E-state index contributed by atoms with van der Waals surface area (Å²) >= 11 is 0. The second kappa shape index (κ2) is 5.68. The third kappa shape index (κ3) is 7.44. The fourth-order valence-corrected chi connectivity index (χ4v) is 1.32. The topological polar surface area (TPSA) is 6.48 Å². The molecular formula is C11H22N2. The molecule has 0 N–H and O–H groups in total. The van der Waals surface area contributed by atoms with E-state index in [-0.39, 0.29) is 0 Å². The highest BCUT2D eigenvalue weighted by molar-refractivity contribution is 4.94. The van der Waals surface area contributed by atoms with Crippen molar-refractivity contribution >= 4 is 0 Å². The lowest BCUT2D eigenvalue weighted by atomic mass is 10.4. The summed E-state index contributed by atoms with van der Waals surface area (Å²) in [5.41, 5.74) is 2.65. The Morgan fingerprint density at radius 2 is 1.15 bits per heavy atom. The average molecular weight is 182 g/mol. The van der Waals surface area contributed by atoms with Crippen LogP contribution in [0.5, 0.6) is 0 Å². The van der Waals surface area contributed by atoms with Gasteiger partial charge in [-0.15, -0.1) is 0 Å². The molecule has 2 nitrogen and oxygen atoms in total. The van der Waals surface area contributed by atoms with Crippen LogP contribution in [0.25, 0.3) is 0 Å². The Morgan fingerprint density at radius 3 is 1.38 bits per heavy atom. The number of allylic oxidation sites excluding steroid dienone is 2. The van der Waals surface area contributed by atoms with Gasteiger partial charge in [0.1, 0.15) is 0 Å². The van der Waals surface area contributed by atoms with Gasteiger partial charge < -0.3 is 9.80 Å². The van der Waals surface area contributed by atoms with E-state index in [0.717, 1.165) is 6.67 Å². The van der Waals surface area contributed by atoms with Crippen LogP contribution in [0.1, 0.15) is 27.7 Å². The highest BCUT2D eigenvalue weighted by atomic mass is 15.3. The Labute approximate surface area is 82.5 Å². The SMILES string of the molecule is CC(C)=CN(C)CN(C)C=C(C)C. The molecule has 0 rings (SSSR count). The Kier molecular flexibility index (Phi) is 5.28. The first kappa shape index (κ1) is 12.1. The van der Waals surface area contributed by atoms with E-state index < -0.39 is 0 Å². The Morgan fingerprint density at radius 1 is 0.846 bits per heavy atom. The maximum Gasteiger partial charge on any atom is 0.0886 e. The number of nitrogens with zero attached hydrogens (tertiary/aromatic N) is 2. The van der Waals surface area contributed by atoms with Crippen LogP contribution in [-0.2, 0) is 0 Å². The number of hydrogen-bond donors (Lipinski definition) is 0. The lowest BCUT2D eigenvalue weighted by Crippen LogP contribution is -2.26. The highest BCUT2D eigenvalue weighted by Crippen LogP contribution is 1.97. The zero-order chi connectivity index (χ0) is 10.4. The minimum absolute atomic E-state index is 0.927. The van der Waals surface area contributed by atoms with Gasteiger partial charge in [0.2, 0.25) is 0 Å². The molecule has 0 aromatic rings. The molecule has 0 fully saturated rings. The van der Waals surface area contributed by atoms with Crippen LogP contribution in [0.3, 0.4) is 0 Å². The minimum atomic E-state index is 0.927. The van der Waals surface area contributed by atoms with Gasteiger partial charge >= 0.3 is 0 Å². The molecule has 0 unspecified atom stereocenters. The van der Waals surface area contributed by atoms with E-state index in [1.54, 1.807) is 0 Å². The standard InChI is InChI=1S/C11H22N2/c1-10(2)7-12(5)9-13(6)8-11(3)4/h7-8H,9H2,1-6H3. The maximum absolute atomic E-state index is 2.18. The molecule has 0 atom stereocenters. The molecule has 0 aliphatic rings. The van der Waals surface area contributed by atoms with Gasteiger partial charge in [0, 0.05) is 14.1 Å². The molecule has 0 aromatic carbocycles. The van der Waals surface area contributed by atoms with E-state index in [9.17, 15) is 0 Å². The lowest BCUT2D eigenvalue weighted by Gasteiger charge is -2.22. The Bertz CT molecular complexity index is 174. The summed E-state index contributed by atoms with van der Waals surface area (Å²) in [6.07, 6.45) is 4.30. The highest BCUT2D eigenvalue weighted by Gasteiger charge is 1.94. The molecule has 0 amide bonds. The molecule has 13 heavy (non-hydrogen) atoms. The zero-order valence-electron chi connectivity index (χ0n) is 9.76. The van der Waals surface area contributed by atoms with Crippen molar-refractivity contribution in [2.75, 3.05) is 20.8 Å². The summed E-state index contributed by atoms with van der Waals surface area (Å²) in [4.78, 5) is 4.35. The van der Waals surface area contributed by atoms with Crippen molar-refractivity contribution in [3.05, 3.63) is 23.5 Å². The van der Waals surface area contributed by atoms with Crippen molar-refractivity contribution in [2.45, 2.75) is 27.7 Å². The summed E-state index contributed by atoms with van der Waals surface area (Å²) in [5.74, 6) is 0. The van der Waals surface area contributed by atoms with Crippen LogP contribution in [0.2, 0.25) is 0 Å². The first-order valence-corrected chi connectivity index (χ1v) is 4.62. The van der Waals surface area contributed by atoms with E-state index in [2.05, 4.69) is 64.0 Å². The van der Waals surface area contributed by atoms with Gasteiger partial charge in [-0.25, -0.2) is 0 Å². The van der Waals surface area contributed by atoms with Gasteiger partial charge in [0.15, 0.2) is 0 Å². The molecule has 0 aliphatic heterocycles. The maximum atomic E-state index is 2.18. The van der Waals surface area contributed by atoms with Crippen molar-refractivity contribution in [3.8, 4) is 0 Å². The smallest absolute Gasteiger partial charge is 0.0886 e. The summed E-state index contributed by atoms with van der Waals surface area (Å²) in [7, 11) is 4.17. The fourth-order valence-electron chi connectivity index (χ4n) is 1.32. The Hall–Kier alpha value is -0.920. The van der Waals surface area contributed by atoms with Crippen molar-refractivity contribution < 1.29 is 0 Å². The first-order valence-electron chi connectivity index (χ1n) is 4.62. The molecule has 2 heteroatoms. The molecule has 0 bridgehead atoms. The van der Waals surface area contributed by atoms with Gasteiger partial charge in [-0.1, -0.05) is 11.1 Å². The summed E-state index contributed by atoms with van der Waals surface area (Å²) in [6, 6.07) is 0. The van der Waals surface area contributed by atoms with E-state index in [1.807, 2.05) is 0 Å². The van der Waals surface area contributed by atoms with Crippen LogP contribution in [0.15, 0.2) is 23.5 Å². The molecule has 0 spiro atoms. The van der Waals surface area contributed by atoms with Crippen LogP contribution in [0, 0.1) is 0 Å². The third-order valence-electron chi connectivity index (χ3n) is 1.40. The number of rotatable bonds is 4. The fraction of sp³-hybridized carbons (Fsp3) is 0.636. The molecule has 0 radical (unpaired) electrons. The Balaban J connectivity index is 3.99. The van der Waals surface area contributed by atoms with Gasteiger partial charge in [0.25, 0.3) is 0 Å². The van der Waals surface area contributed by atoms with Gasteiger partial charge in [-0.2, -0.15) is 0 Å². The largest absolute Gasteiger partial charge is 0.363 e. The molecule has 0 aromatic heterocycles. The third-order valence-corrected chi connectivity index (χ3v) is 1.40. The van der Waals surface area contributed by atoms with E-state index >= 15 is 0 Å². The van der Waals surface area contributed by atoms with Gasteiger partial charge in [-0.05, 0) is 40.1 Å². The van der Waals surface area contributed by atoms with Crippen molar-refractivity contribution in [3.63, 3.8) is 0 Å². The monoisotopic (exact) mass is 182 g/mol. The first-order chi connectivity index (χ1) is 5.91. The normalized spacial score (nSPS) is 9.08. The van der Waals surface area contributed by atoms with Crippen molar-refractivity contribution in [1.29, 1.82) is 0 Å². The number of hydrogen-bond acceptors (Lipinski definition) is 2.